The molecule has 108 valence electrons. The van der Waals surface area contributed by atoms with E-state index in [1.807, 2.05) is 11.9 Å². The highest BCUT2D eigenvalue weighted by atomic mass is 16.2. The Morgan fingerprint density at radius 1 is 1.45 bits per heavy atom. The van der Waals surface area contributed by atoms with E-state index in [4.69, 9.17) is 4.98 Å². The molecule has 1 unspecified atom stereocenters. The number of nitrogens with one attached hydrogen (secondary N) is 2. The zero-order chi connectivity index (χ0) is 14.1. The fourth-order valence-electron chi connectivity index (χ4n) is 2.99. The molecule has 6 nitrogen and oxygen atoms in total. The van der Waals surface area contributed by atoms with E-state index in [9.17, 15) is 4.79 Å². The van der Waals surface area contributed by atoms with Gasteiger partial charge in [0.1, 0.15) is 11.6 Å². The molecular weight excluding hydrogens is 254 g/mol. The van der Waals surface area contributed by atoms with E-state index in [2.05, 4.69) is 15.6 Å². The van der Waals surface area contributed by atoms with Gasteiger partial charge in [-0.05, 0) is 25.8 Å². The van der Waals surface area contributed by atoms with Gasteiger partial charge in [0.2, 0.25) is 5.91 Å². The van der Waals surface area contributed by atoms with Gasteiger partial charge in [0.05, 0.1) is 18.3 Å². The zero-order valence-electron chi connectivity index (χ0n) is 12.1. The summed E-state index contributed by atoms with van der Waals surface area (Å²) in [7, 11) is 1.89. The van der Waals surface area contributed by atoms with Crippen molar-refractivity contribution in [2.75, 3.05) is 25.5 Å². The highest BCUT2D eigenvalue weighted by Crippen LogP contribution is 2.27. The molecule has 0 aliphatic carbocycles. The Morgan fingerprint density at radius 2 is 2.30 bits per heavy atom. The van der Waals surface area contributed by atoms with Crippen LogP contribution in [-0.2, 0) is 17.8 Å². The lowest BCUT2D eigenvalue weighted by molar-refractivity contribution is -0.129. The average molecular weight is 275 g/mol. The van der Waals surface area contributed by atoms with Crippen molar-refractivity contribution in [2.45, 2.75) is 38.8 Å². The normalized spacial score (nSPS) is 21.7. The molecule has 2 N–H and O–H groups in total. The summed E-state index contributed by atoms with van der Waals surface area (Å²) in [4.78, 5) is 22.8. The van der Waals surface area contributed by atoms with Crippen molar-refractivity contribution < 1.29 is 4.79 Å². The summed E-state index contributed by atoms with van der Waals surface area (Å²) in [6.45, 7) is 3.99. The second-order valence-corrected chi connectivity index (χ2v) is 5.45. The van der Waals surface area contributed by atoms with E-state index >= 15 is 0 Å². The van der Waals surface area contributed by atoms with Crippen molar-refractivity contribution in [1.29, 1.82) is 0 Å². The van der Waals surface area contributed by atoms with Gasteiger partial charge in [0.25, 0.3) is 0 Å². The number of anilines is 1. The number of fused-ring (bicyclic) bond motifs is 1. The quantitative estimate of drug-likeness (QED) is 0.837. The van der Waals surface area contributed by atoms with Crippen LogP contribution >= 0.6 is 0 Å². The summed E-state index contributed by atoms with van der Waals surface area (Å²) in [5.74, 6) is 1.89. The van der Waals surface area contributed by atoms with Crippen LogP contribution in [0.15, 0.2) is 0 Å². The SMILES string of the molecule is CNc1nc(C2CCCN2)nc2c1CCN(C(C)=O)C2. The van der Waals surface area contributed by atoms with Gasteiger partial charge in [-0.15, -0.1) is 0 Å². The van der Waals surface area contributed by atoms with E-state index in [1.165, 1.54) is 6.42 Å². The fourth-order valence-corrected chi connectivity index (χ4v) is 2.99. The van der Waals surface area contributed by atoms with E-state index in [0.29, 0.717) is 6.54 Å². The maximum atomic E-state index is 11.6. The molecule has 0 bridgehead atoms. The second-order valence-electron chi connectivity index (χ2n) is 5.45. The molecule has 1 saturated heterocycles. The van der Waals surface area contributed by atoms with Gasteiger partial charge in [0.15, 0.2) is 0 Å². The first-order chi connectivity index (χ1) is 9.69. The molecule has 0 spiro atoms. The predicted molar refractivity (Wildman–Crippen MR) is 76.4 cm³/mol. The van der Waals surface area contributed by atoms with Gasteiger partial charge in [0, 0.05) is 26.1 Å². The molecular formula is C14H21N5O. The number of aromatic nitrogens is 2. The Balaban J connectivity index is 1.96. The van der Waals surface area contributed by atoms with Gasteiger partial charge in [-0.25, -0.2) is 9.97 Å². The molecule has 2 aliphatic heterocycles. The molecule has 1 atom stereocenters. The number of nitrogens with zero attached hydrogens (tertiary/aromatic N) is 3. The topological polar surface area (TPSA) is 70.2 Å². The van der Waals surface area contributed by atoms with Crippen LogP contribution in [0.25, 0.3) is 0 Å². The van der Waals surface area contributed by atoms with E-state index < -0.39 is 0 Å². The highest BCUT2D eigenvalue weighted by molar-refractivity contribution is 5.73. The summed E-state index contributed by atoms with van der Waals surface area (Å²) in [5, 5.41) is 6.61. The van der Waals surface area contributed by atoms with Crippen molar-refractivity contribution in [3.8, 4) is 0 Å². The van der Waals surface area contributed by atoms with E-state index in [1.54, 1.807) is 6.92 Å². The van der Waals surface area contributed by atoms with Crippen molar-refractivity contribution in [2.24, 2.45) is 0 Å². The molecule has 2 aliphatic rings. The van der Waals surface area contributed by atoms with Gasteiger partial charge < -0.3 is 15.5 Å². The van der Waals surface area contributed by atoms with Crippen LogP contribution in [0.1, 0.15) is 42.9 Å². The van der Waals surface area contributed by atoms with E-state index in [-0.39, 0.29) is 11.9 Å². The second kappa shape index (κ2) is 5.36. The molecule has 0 radical (unpaired) electrons. The minimum absolute atomic E-state index is 0.112. The number of amides is 1. The van der Waals surface area contributed by atoms with Crippen molar-refractivity contribution in [1.82, 2.24) is 20.2 Å². The molecule has 0 aromatic carbocycles. The summed E-state index contributed by atoms with van der Waals surface area (Å²) in [5.41, 5.74) is 2.15. The maximum Gasteiger partial charge on any atom is 0.219 e. The Hall–Kier alpha value is -1.69. The standard InChI is InChI=1S/C14H21N5O/c1-9(20)19-7-5-10-12(8-19)17-14(18-13(10)15-2)11-4-3-6-16-11/h11,16H,3-8H2,1-2H3,(H,15,17,18). The zero-order valence-corrected chi connectivity index (χ0v) is 12.1. The molecule has 1 amide bonds. The third kappa shape index (κ3) is 2.35. The van der Waals surface area contributed by atoms with Crippen LogP contribution < -0.4 is 10.6 Å². The maximum absolute atomic E-state index is 11.6. The smallest absolute Gasteiger partial charge is 0.219 e. The summed E-state index contributed by atoms with van der Waals surface area (Å²) < 4.78 is 0. The molecule has 1 aromatic rings. The van der Waals surface area contributed by atoms with Crippen LogP contribution in [-0.4, -0.2) is 40.9 Å². The van der Waals surface area contributed by atoms with Gasteiger partial charge in [-0.2, -0.15) is 0 Å². The molecule has 6 heteroatoms. The summed E-state index contributed by atoms with van der Waals surface area (Å²) >= 11 is 0. The van der Waals surface area contributed by atoms with Crippen LogP contribution in [0.2, 0.25) is 0 Å². The third-order valence-electron chi connectivity index (χ3n) is 4.14. The number of carbonyl (C=O) groups is 1. The van der Waals surface area contributed by atoms with E-state index in [0.717, 1.165) is 48.8 Å². The predicted octanol–water partition coefficient (Wildman–Crippen LogP) is 0.847. The molecule has 3 rings (SSSR count). The third-order valence-corrected chi connectivity index (χ3v) is 4.14. The van der Waals surface area contributed by atoms with Crippen LogP contribution in [0.3, 0.4) is 0 Å². The van der Waals surface area contributed by atoms with Crippen LogP contribution in [0.4, 0.5) is 5.82 Å². The van der Waals surface area contributed by atoms with Gasteiger partial charge >= 0.3 is 0 Å². The van der Waals surface area contributed by atoms with Crippen molar-refractivity contribution >= 4 is 11.7 Å². The first kappa shape index (κ1) is 13.3. The molecule has 1 fully saturated rings. The van der Waals surface area contributed by atoms with Gasteiger partial charge in [-0.1, -0.05) is 0 Å². The average Bonchev–Trinajstić information content (AvgIpc) is 2.99. The number of carbonyl (C=O) groups excluding carboxylic acids is 1. The van der Waals surface area contributed by atoms with Crippen molar-refractivity contribution in [3.63, 3.8) is 0 Å². The van der Waals surface area contributed by atoms with Crippen LogP contribution in [0.5, 0.6) is 0 Å². The minimum Gasteiger partial charge on any atom is -0.373 e. The molecule has 20 heavy (non-hydrogen) atoms. The Bertz CT molecular complexity index is 525. The number of hydrogen-bond acceptors (Lipinski definition) is 5. The summed E-state index contributed by atoms with van der Waals surface area (Å²) in [6, 6.07) is 0.250. The van der Waals surface area contributed by atoms with Crippen molar-refractivity contribution in [3.05, 3.63) is 17.1 Å². The Morgan fingerprint density at radius 3 is 2.95 bits per heavy atom. The molecule has 3 heterocycles. The first-order valence-corrected chi connectivity index (χ1v) is 7.25. The lowest BCUT2D eigenvalue weighted by atomic mass is 10.0. The largest absolute Gasteiger partial charge is 0.373 e. The Labute approximate surface area is 119 Å². The lowest BCUT2D eigenvalue weighted by Crippen LogP contribution is -2.36. The Kier molecular flexibility index (Phi) is 3.56. The minimum atomic E-state index is 0.112. The number of hydrogen-bond donors (Lipinski definition) is 2. The lowest BCUT2D eigenvalue weighted by Gasteiger charge is -2.29. The number of rotatable bonds is 2. The summed E-state index contributed by atoms with van der Waals surface area (Å²) in [6.07, 6.45) is 3.07. The van der Waals surface area contributed by atoms with Crippen LogP contribution in [0, 0.1) is 0 Å². The molecule has 1 aromatic heterocycles. The molecule has 0 saturated carbocycles. The highest BCUT2D eigenvalue weighted by Gasteiger charge is 2.26. The van der Waals surface area contributed by atoms with Gasteiger partial charge in [-0.3, -0.25) is 4.79 Å². The fraction of sp³-hybridized carbons (Fsp3) is 0.643. The first-order valence-electron chi connectivity index (χ1n) is 7.25. The monoisotopic (exact) mass is 275 g/mol.